The fraction of sp³-hybridized carbons (Fsp3) is 0.308. The molecule has 2 N–H and O–H groups in total. The van der Waals surface area contributed by atoms with Gasteiger partial charge in [0.05, 0.1) is 12.8 Å². The maximum absolute atomic E-state index is 11.7. The second-order valence-corrected chi connectivity index (χ2v) is 6.46. The lowest BCUT2D eigenvalue weighted by Crippen LogP contribution is -2.36. The Morgan fingerprint density at radius 1 is 1.26 bits per heavy atom. The predicted octanol–water partition coefficient (Wildman–Crippen LogP) is -0.202. The largest absolute Gasteiger partial charge is 0.508 e. The van der Waals surface area contributed by atoms with Gasteiger partial charge in [-0.25, -0.2) is 4.79 Å². The smallest absolute Gasteiger partial charge is 0.333 e. The molecule has 9 nitrogen and oxygen atoms in total. The molecule has 23 heavy (non-hydrogen) atoms. The molecule has 0 aromatic heterocycles. The molecule has 124 valence electrons. The van der Waals surface area contributed by atoms with Gasteiger partial charge in [-0.1, -0.05) is 12.1 Å². The van der Waals surface area contributed by atoms with Crippen LogP contribution < -0.4 is 0 Å². The molecule has 2 amide bonds. The lowest BCUT2D eigenvalue weighted by Gasteiger charge is -2.13. The highest BCUT2D eigenvalue weighted by molar-refractivity contribution is 7.87. The fourth-order valence-corrected chi connectivity index (χ4v) is 2.67. The summed E-state index contributed by atoms with van der Waals surface area (Å²) in [7, 11) is -4.74. The van der Waals surface area contributed by atoms with E-state index >= 15 is 0 Å². The van der Waals surface area contributed by atoms with E-state index in [1.165, 1.54) is 12.1 Å². The molecule has 1 aromatic carbocycles. The van der Waals surface area contributed by atoms with Gasteiger partial charge in [0.15, 0.2) is 5.25 Å². The van der Waals surface area contributed by atoms with Crippen LogP contribution in [-0.2, 0) is 35.8 Å². The molecular formula is C13H13NO8S. The zero-order valence-electron chi connectivity index (χ0n) is 11.7. The third kappa shape index (κ3) is 4.05. The first-order chi connectivity index (χ1) is 10.7. The molecule has 0 saturated carbocycles. The number of hydrogen-bond acceptors (Lipinski definition) is 7. The summed E-state index contributed by atoms with van der Waals surface area (Å²) in [4.78, 5) is 39.4. The normalized spacial score (nSPS) is 18.3. The molecule has 0 bridgehead atoms. The van der Waals surface area contributed by atoms with Crippen molar-refractivity contribution in [1.29, 1.82) is 0 Å². The van der Waals surface area contributed by atoms with Gasteiger partial charge >= 0.3 is 5.97 Å². The van der Waals surface area contributed by atoms with Crippen molar-refractivity contribution in [3.8, 4) is 5.75 Å². The summed E-state index contributed by atoms with van der Waals surface area (Å²) in [5, 5.41) is 7.25. The standard InChI is InChI=1S/C13H13NO8S/c15-9-4-1-8(2-5-9)3-6-12(17)22-14-11(16)7-10(13(14)18)23(19,20)21/h1-2,4-5,10,15H,3,6-7H2,(H,19,20,21). The van der Waals surface area contributed by atoms with Gasteiger partial charge in [0.2, 0.25) is 0 Å². The Balaban J connectivity index is 1.93. The summed E-state index contributed by atoms with van der Waals surface area (Å²) in [6.45, 7) is 0. The van der Waals surface area contributed by atoms with Crippen molar-refractivity contribution < 1.29 is 37.3 Å². The van der Waals surface area contributed by atoms with E-state index in [9.17, 15) is 22.8 Å². The third-order valence-electron chi connectivity index (χ3n) is 3.17. The number of carbonyl (C=O) groups excluding carboxylic acids is 3. The van der Waals surface area contributed by atoms with Crippen LogP contribution in [0.2, 0.25) is 0 Å². The lowest BCUT2D eigenvalue weighted by molar-refractivity contribution is -0.197. The summed E-state index contributed by atoms with van der Waals surface area (Å²) in [5.74, 6) is -3.15. The average molecular weight is 343 g/mol. The van der Waals surface area contributed by atoms with E-state index in [4.69, 9.17) is 9.66 Å². The van der Waals surface area contributed by atoms with Crippen molar-refractivity contribution in [3.63, 3.8) is 0 Å². The zero-order chi connectivity index (χ0) is 17.2. The van der Waals surface area contributed by atoms with E-state index in [0.29, 0.717) is 0 Å². The van der Waals surface area contributed by atoms with Gasteiger partial charge in [-0.2, -0.15) is 8.42 Å². The van der Waals surface area contributed by atoms with Crippen molar-refractivity contribution in [3.05, 3.63) is 29.8 Å². The number of aromatic hydroxyl groups is 1. The van der Waals surface area contributed by atoms with Crippen LogP contribution >= 0.6 is 0 Å². The molecular weight excluding hydrogens is 330 g/mol. The van der Waals surface area contributed by atoms with Crippen molar-refractivity contribution in [2.75, 3.05) is 0 Å². The monoisotopic (exact) mass is 343 g/mol. The van der Waals surface area contributed by atoms with Crippen molar-refractivity contribution >= 4 is 27.9 Å². The number of benzene rings is 1. The Kier molecular flexibility index (Phi) is 4.66. The van der Waals surface area contributed by atoms with E-state index in [1.807, 2.05) is 0 Å². The van der Waals surface area contributed by atoms with Gasteiger partial charge in [-0.15, -0.1) is 5.06 Å². The third-order valence-corrected chi connectivity index (χ3v) is 4.26. The molecule has 1 aliphatic rings. The highest BCUT2D eigenvalue weighted by atomic mass is 32.2. The molecule has 0 radical (unpaired) electrons. The van der Waals surface area contributed by atoms with E-state index in [0.717, 1.165) is 5.56 Å². The van der Waals surface area contributed by atoms with Gasteiger partial charge in [0, 0.05) is 0 Å². The first kappa shape index (κ1) is 16.9. The minimum absolute atomic E-state index is 0.0671. The number of imide groups is 1. The van der Waals surface area contributed by atoms with Crippen molar-refractivity contribution in [1.82, 2.24) is 5.06 Å². The van der Waals surface area contributed by atoms with Crippen LogP contribution in [0.1, 0.15) is 18.4 Å². The van der Waals surface area contributed by atoms with Crippen LogP contribution in [0.5, 0.6) is 5.75 Å². The number of nitrogens with zero attached hydrogens (tertiary/aromatic N) is 1. The van der Waals surface area contributed by atoms with E-state index in [2.05, 4.69) is 4.84 Å². The Labute approximate surface area is 131 Å². The van der Waals surface area contributed by atoms with Crippen LogP contribution in [0, 0.1) is 0 Å². The summed E-state index contributed by atoms with van der Waals surface area (Å²) >= 11 is 0. The number of phenolic OH excluding ortho intramolecular Hbond substituents is 1. The van der Waals surface area contributed by atoms with Crippen molar-refractivity contribution in [2.45, 2.75) is 24.5 Å². The zero-order valence-corrected chi connectivity index (χ0v) is 12.5. The Bertz CT molecular complexity index is 740. The summed E-state index contributed by atoms with van der Waals surface area (Å²) in [5.41, 5.74) is 0.717. The highest BCUT2D eigenvalue weighted by Gasteiger charge is 2.48. The fourth-order valence-electron chi connectivity index (χ4n) is 1.97. The Morgan fingerprint density at radius 3 is 2.39 bits per heavy atom. The molecule has 1 unspecified atom stereocenters. The molecule has 0 spiro atoms. The van der Waals surface area contributed by atoms with Gasteiger partial charge in [-0.3, -0.25) is 14.1 Å². The first-order valence-corrected chi connectivity index (χ1v) is 8.00. The number of hydrogen-bond donors (Lipinski definition) is 2. The average Bonchev–Trinajstić information content (AvgIpc) is 2.75. The number of carbonyl (C=O) groups is 3. The molecule has 1 atom stereocenters. The second kappa shape index (κ2) is 6.34. The number of amides is 2. The van der Waals surface area contributed by atoms with Crippen LogP contribution in [0.3, 0.4) is 0 Å². The minimum atomic E-state index is -4.74. The van der Waals surface area contributed by atoms with Crippen LogP contribution in [0.25, 0.3) is 0 Å². The van der Waals surface area contributed by atoms with E-state index in [-0.39, 0.29) is 23.7 Å². The Hall–Kier alpha value is -2.46. The summed E-state index contributed by atoms with van der Waals surface area (Å²) in [6, 6.07) is 6.04. The molecule has 1 heterocycles. The molecule has 1 aliphatic heterocycles. The number of phenols is 1. The maximum atomic E-state index is 11.7. The predicted molar refractivity (Wildman–Crippen MR) is 74.3 cm³/mol. The minimum Gasteiger partial charge on any atom is -0.508 e. The number of hydroxylamine groups is 2. The molecule has 1 saturated heterocycles. The van der Waals surface area contributed by atoms with E-state index < -0.39 is 39.6 Å². The van der Waals surface area contributed by atoms with Crippen LogP contribution in [0.4, 0.5) is 0 Å². The molecule has 1 fully saturated rings. The Morgan fingerprint density at radius 2 is 1.87 bits per heavy atom. The molecule has 10 heteroatoms. The van der Waals surface area contributed by atoms with Gasteiger partial charge in [-0.05, 0) is 24.1 Å². The number of aryl methyl sites for hydroxylation is 1. The van der Waals surface area contributed by atoms with Crippen LogP contribution in [0.15, 0.2) is 24.3 Å². The summed E-state index contributed by atoms with van der Waals surface area (Å²) < 4.78 is 30.8. The van der Waals surface area contributed by atoms with E-state index in [1.54, 1.807) is 12.1 Å². The SMILES string of the molecule is O=C(CCc1ccc(O)cc1)ON1C(=O)CC(S(=O)(=O)O)C1=O. The molecule has 1 aromatic rings. The molecule has 0 aliphatic carbocycles. The highest BCUT2D eigenvalue weighted by Crippen LogP contribution is 2.20. The van der Waals surface area contributed by atoms with Crippen molar-refractivity contribution in [2.24, 2.45) is 0 Å². The topological polar surface area (TPSA) is 138 Å². The second-order valence-electron chi connectivity index (χ2n) is 4.86. The maximum Gasteiger partial charge on any atom is 0.333 e. The first-order valence-electron chi connectivity index (χ1n) is 6.50. The van der Waals surface area contributed by atoms with Gasteiger partial charge in [0.1, 0.15) is 5.75 Å². The summed E-state index contributed by atoms with van der Waals surface area (Å²) in [6.07, 6.45) is -0.710. The molecule has 2 rings (SSSR count). The van der Waals surface area contributed by atoms with Gasteiger partial charge in [0.25, 0.3) is 21.9 Å². The van der Waals surface area contributed by atoms with Gasteiger partial charge < -0.3 is 9.94 Å². The lowest BCUT2D eigenvalue weighted by atomic mass is 10.1. The number of rotatable bonds is 5. The quantitative estimate of drug-likeness (QED) is 0.553. The van der Waals surface area contributed by atoms with Crippen LogP contribution in [-0.4, -0.2) is 46.2 Å².